The van der Waals surface area contributed by atoms with Gasteiger partial charge < -0.3 is 0 Å². The van der Waals surface area contributed by atoms with Crippen LogP contribution in [0.1, 0.15) is 46.5 Å². The Morgan fingerprint density at radius 2 is 2.00 bits per heavy atom. The Kier molecular flexibility index (Phi) is 2.93. The first-order chi connectivity index (χ1) is 7.45. The highest BCUT2D eigenvalue weighted by atomic mass is 19.3. The molecule has 2 heteroatoms. The number of rotatable bonds is 0. The van der Waals surface area contributed by atoms with Crippen molar-refractivity contribution in [1.29, 1.82) is 0 Å². The normalized spacial score (nSPS) is 39.1. The van der Waals surface area contributed by atoms with Crippen LogP contribution >= 0.6 is 0 Å². The summed E-state index contributed by atoms with van der Waals surface area (Å²) in [6.07, 6.45) is 3.86. The first-order valence-corrected chi connectivity index (χ1v) is 6.20. The minimum Gasteiger partial charge on any atom is -0.173 e. The van der Waals surface area contributed by atoms with E-state index in [1.807, 2.05) is 0 Å². The van der Waals surface area contributed by atoms with E-state index in [1.54, 1.807) is 6.08 Å². The van der Waals surface area contributed by atoms with Gasteiger partial charge in [-0.1, -0.05) is 32.4 Å². The maximum Gasteiger partial charge on any atom is 0.273 e. The molecule has 0 aromatic carbocycles. The summed E-state index contributed by atoms with van der Waals surface area (Å²) in [6.45, 7) is 6.82. The van der Waals surface area contributed by atoms with E-state index >= 15 is 0 Å². The first kappa shape index (κ1) is 11.8. The molecule has 2 rings (SSSR count). The molecule has 1 saturated carbocycles. The van der Waals surface area contributed by atoms with Gasteiger partial charge in [0, 0.05) is 5.57 Å². The number of halogens is 2. The summed E-state index contributed by atoms with van der Waals surface area (Å²) in [5.41, 5.74) is 1.69. The van der Waals surface area contributed by atoms with Crippen LogP contribution in [-0.4, -0.2) is 0 Å². The van der Waals surface area contributed by atoms with Crippen LogP contribution in [0.2, 0.25) is 0 Å². The lowest BCUT2D eigenvalue weighted by molar-refractivity contribution is 0.124. The van der Waals surface area contributed by atoms with Crippen LogP contribution in [0.4, 0.5) is 8.78 Å². The maximum absolute atomic E-state index is 12.6. The van der Waals surface area contributed by atoms with Gasteiger partial charge in [-0.05, 0) is 42.9 Å². The van der Waals surface area contributed by atoms with Crippen molar-refractivity contribution < 1.29 is 8.78 Å². The molecule has 0 bridgehead atoms. The lowest BCUT2D eigenvalue weighted by atomic mass is 9.57. The second kappa shape index (κ2) is 3.97. The Morgan fingerprint density at radius 1 is 1.31 bits per heavy atom. The number of hydrogen-bond acceptors (Lipinski definition) is 0. The van der Waals surface area contributed by atoms with Crippen LogP contribution in [-0.2, 0) is 0 Å². The van der Waals surface area contributed by atoms with E-state index in [-0.39, 0.29) is 11.0 Å². The number of fused-ring (bicyclic) bond motifs is 1. The third kappa shape index (κ3) is 1.72. The summed E-state index contributed by atoms with van der Waals surface area (Å²) < 4.78 is 25.2. The van der Waals surface area contributed by atoms with Crippen molar-refractivity contribution in [2.24, 2.45) is 17.3 Å². The van der Waals surface area contributed by atoms with Crippen molar-refractivity contribution in [3.05, 3.63) is 23.3 Å². The van der Waals surface area contributed by atoms with E-state index in [4.69, 9.17) is 0 Å². The predicted octanol–water partition coefficient (Wildman–Crippen LogP) is 4.93. The number of allylic oxidation sites excluding steroid dienone is 3. The fourth-order valence-corrected chi connectivity index (χ4v) is 3.29. The van der Waals surface area contributed by atoms with E-state index in [0.717, 1.165) is 19.3 Å². The van der Waals surface area contributed by atoms with E-state index in [0.29, 0.717) is 18.3 Å². The van der Waals surface area contributed by atoms with Gasteiger partial charge in [-0.2, -0.15) is 8.78 Å². The molecule has 0 saturated heterocycles. The van der Waals surface area contributed by atoms with E-state index in [9.17, 15) is 8.78 Å². The van der Waals surface area contributed by atoms with Crippen molar-refractivity contribution in [1.82, 2.24) is 0 Å². The first-order valence-electron chi connectivity index (χ1n) is 6.20. The molecular weight excluding hydrogens is 206 g/mol. The molecule has 0 heterocycles. The average molecular weight is 226 g/mol. The molecule has 3 unspecified atom stereocenters. The largest absolute Gasteiger partial charge is 0.273 e. The fourth-order valence-electron chi connectivity index (χ4n) is 3.29. The summed E-state index contributed by atoms with van der Waals surface area (Å²) >= 11 is 0. The van der Waals surface area contributed by atoms with Crippen molar-refractivity contribution in [2.45, 2.75) is 46.5 Å². The standard InChI is InChI=1S/C14H20F2/c1-9-4-5-12-8-11(13(15)16)6-7-14(12,3)10(9)2/h8-10H,4-7H2,1-3H3. The lowest BCUT2D eigenvalue weighted by Gasteiger charge is -2.48. The monoisotopic (exact) mass is 226 g/mol. The average Bonchev–Trinajstić information content (AvgIpc) is 2.24. The van der Waals surface area contributed by atoms with Gasteiger partial charge in [0.25, 0.3) is 6.08 Å². The highest BCUT2D eigenvalue weighted by Crippen LogP contribution is 2.53. The zero-order valence-corrected chi connectivity index (χ0v) is 10.3. The molecule has 2 aliphatic rings. The summed E-state index contributed by atoms with van der Waals surface area (Å²) in [6, 6.07) is 0. The van der Waals surface area contributed by atoms with Crippen molar-refractivity contribution in [2.75, 3.05) is 0 Å². The smallest absolute Gasteiger partial charge is 0.173 e. The van der Waals surface area contributed by atoms with Gasteiger partial charge in [0.05, 0.1) is 0 Å². The molecule has 0 spiro atoms. The van der Waals surface area contributed by atoms with Gasteiger partial charge in [0.1, 0.15) is 0 Å². The molecule has 1 fully saturated rings. The van der Waals surface area contributed by atoms with Crippen LogP contribution in [0.15, 0.2) is 23.3 Å². The van der Waals surface area contributed by atoms with Gasteiger partial charge >= 0.3 is 0 Å². The van der Waals surface area contributed by atoms with Crippen LogP contribution < -0.4 is 0 Å². The third-order valence-corrected chi connectivity index (χ3v) is 4.97. The van der Waals surface area contributed by atoms with Gasteiger partial charge in [-0.3, -0.25) is 0 Å². The van der Waals surface area contributed by atoms with E-state index < -0.39 is 6.08 Å². The zero-order valence-electron chi connectivity index (χ0n) is 10.3. The van der Waals surface area contributed by atoms with Crippen LogP contribution in [0.3, 0.4) is 0 Å². The Balaban J connectivity index is 2.37. The predicted molar refractivity (Wildman–Crippen MR) is 62.2 cm³/mol. The Bertz CT molecular complexity index is 350. The lowest BCUT2D eigenvalue weighted by Crippen LogP contribution is -2.37. The van der Waals surface area contributed by atoms with Crippen molar-refractivity contribution in [3.63, 3.8) is 0 Å². The van der Waals surface area contributed by atoms with Crippen molar-refractivity contribution in [3.8, 4) is 0 Å². The topological polar surface area (TPSA) is 0 Å². The fraction of sp³-hybridized carbons (Fsp3) is 0.714. The molecular formula is C14H20F2. The molecule has 0 nitrogen and oxygen atoms in total. The summed E-state index contributed by atoms with van der Waals surface area (Å²) in [5.74, 6) is 1.32. The molecule has 0 aliphatic heterocycles. The quantitative estimate of drug-likeness (QED) is 0.549. The summed E-state index contributed by atoms with van der Waals surface area (Å²) in [4.78, 5) is 0. The van der Waals surface area contributed by atoms with E-state index in [1.165, 1.54) is 5.57 Å². The molecule has 0 radical (unpaired) electrons. The van der Waals surface area contributed by atoms with Gasteiger partial charge in [0.2, 0.25) is 0 Å². The SMILES string of the molecule is CC1CCC2=CC(=C(F)F)CCC2(C)C1C. The molecule has 0 aromatic heterocycles. The van der Waals surface area contributed by atoms with E-state index in [2.05, 4.69) is 20.8 Å². The highest BCUT2D eigenvalue weighted by molar-refractivity contribution is 5.34. The summed E-state index contributed by atoms with van der Waals surface area (Å²) in [7, 11) is 0. The Morgan fingerprint density at radius 3 is 2.62 bits per heavy atom. The molecule has 16 heavy (non-hydrogen) atoms. The zero-order chi connectivity index (χ0) is 11.9. The maximum atomic E-state index is 12.6. The van der Waals surface area contributed by atoms with Gasteiger partial charge in [-0.15, -0.1) is 0 Å². The Hall–Kier alpha value is -0.660. The third-order valence-electron chi connectivity index (χ3n) is 4.97. The summed E-state index contributed by atoms with van der Waals surface area (Å²) in [5, 5.41) is 0. The molecule has 3 atom stereocenters. The van der Waals surface area contributed by atoms with Crippen molar-refractivity contribution >= 4 is 0 Å². The molecule has 0 amide bonds. The second-order valence-corrected chi connectivity index (χ2v) is 5.68. The Labute approximate surface area is 96.4 Å². The molecule has 90 valence electrons. The van der Waals surface area contributed by atoms with Crippen LogP contribution in [0, 0.1) is 17.3 Å². The molecule has 2 aliphatic carbocycles. The minimum atomic E-state index is -1.49. The second-order valence-electron chi connectivity index (χ2n) is 5.68. The molecule has 0 aromatic rings. The van der Waals surface area contributed by atoms with Gasteiger partial charge in [0.15, 0.2) is 0 Å². The number of hydrogen-bond donors (Lipinski definition) is 0. The molecule has 0 N–H and O–H groups in total. The van der Waals surface area contributed by atoms with Crippen LogP contribution in [0.25, 0.3) is 0 Å². The van der Waals surface area contributed by atoms with Gasteiger partial charge in [-0.25, -0.2) is 0 Å². The van der Waals surface area contributed by atoms with Crippen LogP contribution in [0.5, 0.6) is 0 Å². The highest BCUT2D eigenvalue weighted by Gasteiger charge is 2.42. The minimum absolute atomic E-state index is 0.163.